The molecule has 1 rings (SSSR count). The molecule has 0 bridgehead atoms. The van der Waals surface area contributed by atoms with Crippen molar-refractivity contribution >= 4 is 27.5 Å². The van der Waals surface area contributed by atoms with Crippen LogP contribution in [-0.4, -0.2) is 12.1 Å². The molecule has 3 nitrogen and oxygen atoms in total. The Balaban J connectivity index is 2.92. The number of rotatable bonds is 3. The SMILES string of the molecule is CC(C)OC(=O)C=C(C#N)c1ccc(Br)cc1. The van der Waals surface area contributed by atoms with Gasteiger partial charge in [-0.15, -0.1) is 0 Å². The molecule has 0 spiro atoms. The van der Waals surface area contributed by atoms with Crippen LogP contribution in [0.15, 0.2) is 34.8 Å². The van der Waals surface area contributed by atoms with Gasteiger partial charge in [-0.25, -0.2) is 4.79 Å². The van der Waals surface area contributed by atoms with E-state index >= 15 is 0 Å². The smallest absolute Gasteiger partial charge is 0.332 e. The number of nitriles is 1. The van der Waals surface area contributed by atoms with Crippen LogP contribution in [0.5, 0.6) is 0 Å². The first kappa shape index (κ1) is 13.5. The number of hydrogen-bond donors (Lipinski definition) is 0. The summed E-state index contributed by atoms with van der Waals surface area (Å²) in [5.41, 5.74) is 0.986. The van der Waals surface area contributed by atoms with E-state index in [1.807, 2.05) is 18.2 Å². The molecule has 0 amide bonds. The van der Waals surface area contributed by atoms with Gasteiger partial charge in [0.15, 0.2) is 0 Å². The van der Waals surface area contributed by atoms with E-state index in [4.69, 9.17) is 10.00 Å². The lowest BCUT2D eigenvalue weighted by Crippen LogP contribution is -2.09. The molecular weight excluding hydrogens is 282 g/mol. The molecule has 0 atom stereocenters. The van der Waals surface area contributed by atoms with Crippen molar-refractivity contribution in [1.82, 2.24) is 0 Å². The van der Waals surface area contributed by atoms with Crippen molar-refractivity contribution in [3.05, 3.63) is 40.4 Å². The van der Waals surface area contributed by atoms with Gasteiger partial charge in [-0.1, -0.05) is 28.1 Å². The molecule has 0 unspecified atom stereocenters. The maximum absolute atomic E-state index is 11.4. The van der Waals surface area contributed by atoms with E-state index in [0.717, 1.165) is 4.47 Å². The highest BCUT2D eigenvalue weighted by Crippen LogP contribution is 2.17. The largest absolute Gasteiger partial charge is 0.460 e. The highest BCUT2D eigenvalue weighted by atomic mass is 79.9. The van der Waals surface area contributed by atoms with Crippen molar-refractivity contribution < 1.29 is 9.53 Å². The van der Waals surface area contributed by atoms with Gasteiger partial charge in [-0.3, -0.25) is 0 Å². The number of ether oxygens (including phenoxy) is 1. The Morgan fingerprint density at radius 3 is 2.47 bits per heavy atom. The molecule has 0 saturated heterocycles. The fourth-order valence-electron chi connectivity index (χ4n) is 1.19. The van der Waals surface area contributed by atoms with Gasteiger partial charge in [0.1, 0.15) is 6.07 Å². The third kappa shape index (κ3) is 4.41. The number of allylic oxidation sites excluding steroid dienone is 1. The Morgan fingerprint density at radius 2 is 2.00 bits per heavy atom. The molecule has 0 aliphatic carbocycles. The van der Waals surface area contributed by atoms with Crippen molar-refractivity contribution in [3.8, 4) is 6.07 Å². The fourth-order valence-corrected chi connectivity index (χ4v) is 1.46. The Kier molecular flexibility index (Phi) is 4.92. The molecule has 1 aromatic rings. The average molecular weight is 294 g/mol. The van der Waals surface area contributed by atoms with Crippen LogP contribution in [0.2, 0.25) is 0 Å². The molecule has 0 aromatic heterocycles. The Morgan fingerprint density at radius 1 is 1.41 bits per heavy atom. The lowest BCUT2D eigenvalue weighted by atomic mass is 10.1. The van der Waals surface area contributed by atoms with Crippen LogP contribution in [0.1, 0.15) is 19.4 Å². The molecule has 0 heterocycles. The van der Waals surface area contributed by atoms with Crippen molar-refractivity contribution in [2.24, 2.45) is 0 Å². The maximum atomic E-state index is 11.4. The maximum Gasteiger partial charge on any atom is 0.332 e. The highest BCUT2D eigenvalue weighted by molar-refractivity contribution is 9.10. The van der Waals surface area contributed by atoms with Gasteiger partial charge in [-0.05, 0) is 31.5 Å². The van der Waals surface area contributed by atoms with Crippen molar-refractivity contribution in [1.29, 1.82) is 5.26 Å². The zero-order chi connectivity index (χ0) is 12.8. The average Bonchev–Trinajstić information content (AvgIpc) is 2.26. The fraction of sp³-hybridized carbons (Fsp3) is 0.231. The lowest BCUT2D eigenvalue weighted by Gasteiger charge is -2.05. The van der Waals surface area contributed by atoms with E-state index < -0.39 is 5.97 Å². The van der Waals surface area contributed by atoms with E-state index in [2.05, 4.69) is 15.9 Å². The van der Waals surface area contributed by atoms with Gasteiger partial charge in [0, 0.05) is 10.5 Å². The van der Waals surface area contributed by atoms with Crippen molar-refractivity contribution in [2.75, 3.05) is 0 Å². The number of carbonyl (C=O) groups excluding carboxylic acids is 1. The van der Waals surface area contributed by atoms with Gasteiger partial charge in [0.2, 0.25) is 0 Å². The van der Waals surface area contributed by atoms with Gasteiger partial charge >= 0.3 is 5.97 Å². The second kappa shape index (κ2) is 6.21. The number of carbonyl (C=O) groups is 1. The lowest BCUT2D eigenvalue weighted by molar-refractivity contribution is -0.141. The van der Waals surface area contributed by atoms with Crippen LogP contribution in [0, 0.1) is 11.3 Å². The van der Waals surface area contributed by atoms with Crippen LogP contribution in [0.3, 0.4) is 0 Å². The predicted molar refractivity (Wildman–Crippen MR) is 69.0 cm³/mol. The Hall–Kier alpha value is -1.60. The minimum atomic E-state index is -0.500. The highest BCUT2D eigenvalue weighted by Gasteiger charge is 2.06. The number of esters is 1. The van der Waals surface area contributed by atoms with Gasteiger partial charge < -0.3 is 4.74 Å². The molecule has 0 radical (unpaired) electrons. The third-order valence-electron chi connectivity index (χ3n) is 1.89. The minimum absolute atomic E-state index is 0.191. The number of halogens is 1. The minimum Gasteiger partial charge on any atom is -0.460 e. The second-order valence-corrected chi connectivity index (χ2v) is 4.58. The molecule has 0 aliphatic heterocycles. The summed E-state index contributed by atoms with van der Waals surface area (Å²) in [6.07, 6.45) is 1.02. The Labute approximate surface area is 109 Å². The molecule has 88 valence electrons. The molecule has 0 saturated carbocycles. The topological polar surface area (TPSA) is 50.1 Å². The normalized spacial score (nSPS) is 11.1. The molecular formula is C13H12BrNO2. The first-order valence-electron chi connectivity index (χ1n) is 5.11. The van der Waals surface area contributed by atoms with Crippen molar-refractivity contribution in [3.63, 3.8) is 0 Å². The number of benzene rings is 1. The molecule has 0 fully saturated rings. The summed E-state index contributed by atoms with van der Waals surface area (Å²) in [6.45, 7) is 3.52. The first-order valence-corrected chi connectivity index (χ1v) is 5.90. The molecule has 17 heavy (non-hydrogen) atoms. The summed E-state index contributed by atoms with van der Waals surface area (Å²) in [5.74, 6) is -0.500. The van der Waals surface area contributed by atoms with Gasteiger partial charge in [0.05, 0.1) is 11.7 Å². The van der Waals surface area contributed by atoms with Crippen LogP contribution < -0.4 is 0 Å². The van der Waals surface area contributed by atoms with Crippen molar-refractivity contribution in [2.45, 2.75) is 20.0 Å². The summed E-state index contributed by atoms with van der Waals surface area (Å²) < 4.78 is 5.87. The zero-order valence-electron chi connectivity index (χ0n) is 9.61. The summed E-state index contributed by atoms with van der Waals surface area (Å²) in [5, 5.41) is 8.99. The second-order valence-electron chi connectivity index (χ2n) is 3.66. The van der Waals surface area contributed by atoms with Crippen LogP contribution in [-0.2, 0) is 9.53 Å². The summed E-state index contributed by atoms with van der Waals surface area (Å²) >= 11 is 3.31. The summed E-state index contributed by atoms with van der Waals surface area (Å²) in [4.78, 5) is 11.4. The van der Waals surface area contributed by atoms with Gasteiger partial charge in [-0.2, -0.15) is 5.26 Å². The monoisotopic (exact) mass is 293 g/mol. The summed E-state index contributed by atoms with van der Waals surface area (Å²) in [6, 6.07) is 9.15. The van der Waals surface area contributed by atoms with E-state index in [-0.39, 0.29) is 6.10 Å². The third-order valence-corrected chi connectivity index (χ3v) is 2.42. The standard InChI is InChI=1S/C13H12BrNO2/c1-9(2)17-13(16)7-11(8-15)10-3-5-12(14)6-4-10/h3-7,9H,1-2H3. The molecule has 4 heteroatoms. The van der Waals surface area contributed by atoms with Crippen LogP contribution >= 0.6 is 15.9 Å². The summed E-state index contributed by atoms with van der Waals surface area (Å²) in [7, 11) is 0. The first-order chi connectivity index (χ1) is 8.02. The van der Waals surface area contributed by atoms with E-state index in [1.165, 1.54) is 6.08 Å². The molecule has 0 N–H and O–H groups in total. The van der Waals surface area contributed by atoms with Crippen LogP contribution in [0.4, 0.5) is 0 Å². The van der Waals surface area contributed by atoms with E-state index in [1.54, 1.807) is 26.0 Å². The molecule has 1 aromatic carbocycles. The van der Waals surface area contributed by atoms with E-state index in [0.29, 0.717) is 11.1 Å². The number of hydrogen-bond acceptors (Lipinski definition) is 3. The number of nitrogens with zero attached hydrogens (tertiary/aromatic N) is 1. The zero-order valence-corrected chi connectivity index (χ0v) is 11.2. The quantitative estimate of drug-likeness (QED) is 0.488. The Bertz CT molecular complexity index is 469. The molecule has 0 aliphatic rings. The van der Waals surface area contributed by atoms with Gasteiger partial charge in [0.25, 0.3) is 0 Å². The van der Waals surface area contributed by atoms with Crippen LogP contribution in [0.25, 0.3) is 5.57 Å². The predicted octanol–water partition coefficient (Wildman–Crippen LogP) is 3.31. The van der Waals surface area contributed by atoms with E-state index in [9.17, 15) is 4.79 Å².